The molecule has 1 N–H and O–H groups in total. The van der Waals surface area contributed by atoms with Crippen LogP contribution in [-0.4, -0.2) is 49.7 Å². The molecular weight excluding hydrogens is 415 g/mol. The largest absolute Gasteiger partial charge is 0.405 e. The molecule has 1 saturated carbocycles. The molecule has 1 aliphatic carbocycles. The fourth-order valence-corrected chi connectivity index (χ4v) is 5.27. The number of rotatable bonds is 6. The Morgan fingerprint density at radius 3 is 2.59 bits per heavy atom. The number of carbonyl (C=O) groups excluding carboxylic acids is 1. The van der Waals surface area contributed by atoms with Gasteiger partial charge in [-0.3, -0.25) is 4.79 Å². The molecule has 4 nitrogen and oxygen atoms in total. The summed E-state index contributed by atoms with van der Waals surface area (Å²) in [4.78, 5) is 17.3. The number of benzene rings is 2. The zero-order chi connectivity index (χ0) is 22.3. The Kier molecular flexibility index (Phi) is 5.40. The van der Waals surface area contributed by atoms with Crippen LogP contribution in [0, 0.1) is 5.92 Å². The van der Waals surface area contributed by atoms with Gasteiger partial charge in [0.05, 0.1) is 0 Å². The average Bonchev–Trinajstić information content (AvgIpc) is 3.42. The maximum Gasteiger partial charge on any atom is 0.405 e. The lowest BCUT2D eigenvalue weighted by Crippen LogP contribution is -2.37. The van der Waals surface area contributed by atoms with E-state index in [1.807, 2.05) is 35.6 Å². The summed E-state index contributed by atoms with van der Waals surface area (Å²) >= 11 is 0. The van der Waals surface area contributed by atoms with Crippen LogP contribution in [0.15, 0.2) is 48.5 Å². The third-order valence-electron chi connectivity index (χ3n) is 6.98. The second kappa shape index (κ2) is 8.10. The molecular formula is C25H28F3N3O. The highest BCUT2D eigenvalue weighted by molar-refractivity contribution is 5.95. The Balaban J connectivity index is 1.42. The van der Waals surface area contributed by atoms with Gasteiger partial charge in [0.25, 0.3) is 5.91 Å². The molecule has 3 aliphatic rings. The highest BCUT2D eigenvalue weighted by Gasteiger charge is 2.48. The molecule has 2 fully saturated rings. The summed E-state index contributed by atoms with van der Waals surface area (Å²) < 4.78 is 37.7. The number of nitrogens with one attached hydrogen (secondary N) is 1. The number of hydrogen-bond acceptors (Lipinski definition) is 3. The van der Waals surface area contributed by atoms with Crippen LogP contribution >= 0.6 is 0 Å². The fourth-order valence-electron chi connectivity index (χ4n) is 5.27. The molecule has 1 atom stereocenters. The first-order valence-corrected chi connectivity index (χ1v) is 11.3. The van der Waals surface area contributed by atoms with Crippen molar-refractivity contribution in [1.29, 1.82) is 0 Å². The summed E-state index contributed by atoms with van der Waals surface area (Å²) in [6, 6.07) is 15.7. The van der Waals surface area contributed by atoms with Crippen LogP contribution in [0.5, 0.6) is 0 Å². The monoisotopic (exact) mass is 443 g/mol. The van der Waals surface area contributed by atoms with Crippen molar-refractivity contribution in [3.05, 3.63) is 65.2 Å². The van der Waals surface area contributed by atoms with Gasteiger partial charge in [-0.15, -0.1) is 0 Å². The lowest BCUT2D eigenvalue weighted by Gasteiger charge is -2.27. The summed E-state index contributed by atoms with van der Waals surface area (Å²) in [5.74, 6) is 0.139. The summed E-state index contributed by atoms with van der Waals surface area (Å²) in [7, 11) is 0. The van der Waals surface area contributed by atoms with Crippen molar-refractivity contribution < 1.29 is 18.0 Å². The van der Waals surface area contributed by atoms with E-state index in [4.69, 9.17) is 0 Å². The molecule has 1 amide bonds. The first-order chi connectivity index (χ1) is 15.3. The number of hydrogen-bond donors (Lipinski definition) is 1. The van der Waals surface area contributed by atoms with Gasteiger partial charge >= 0.3 is 6.18 Å². The van der Waals surface area contributed by atoms with E-state index in [-0.39, 0.29) is 5.41 Å². The van der Waals surface area contributed by atoms with Crippen LogP contribution in [0.25, 0.3) is 0 Å². The van der Waals surface area contributed by atoms with Crippen molar-refractivity contribution in [2.75, 3.05) is 37.6 Å². The molecule has 1 spiro atoms. The standard InChI is InChI=1S/C25H28F3N3O/c26-25(27,28)15-29-23(32)20-8-9-22-21(12-20)24(10-11-30(16-24)13-19-6-7-19)17-31(22)14-18-4-2-1-3-5-18/h1-5,8-9,12,19H,6-7,10-11,13-17H2,(H,29,32). The van der Waals surface area contributed by atoms with Crippen molar-refractivity contribution in [2.45, 2.75) is 37.4 Å². The van der Waals surface area contributed by atoms with Gasteiger partial charge in [0, 0.05) is 42.8 Å². The van der Waals surface area contributed by atoms with Crippen LogP contribution in [0.4, 0.5) is 18.9 Å². The molecule has 2 aromatic carbocycles. The number of nitrogens with zero attached hydrogens (tertiary/aromatic N) is 2. The Morgan fingerprint density at radius 2 is 1.88 bits per heavy atom. The number of halogens is 3. The Hall–Kier alpha value is -2.54. The van der Waals surface area contributed by atoms with E-state index in [1.165, 1.54) is 18.4 Å². The minimum absolute atomic E-state index is 0.0840. The van der Waals surface area contributed by atoms with E-state index in [0.717, 1.165) is 56.3 Å². The third-order valence-corrected chi connectivity index (χ3v) is 6.98. The number of fused-ring (bicyclic) bond motifs is 2. The van der Waals surface area contributed by atoms with Crippen LogP contribution in [0.3, 0.4) is 0 Å². The van der Waals surface area contributed by atoms with Crippen LogP contribution in [0.1, 0.15) is 40.7 Å². The van der Waals surface area contributed by atoms with E-state index >= 15 is 0 Å². The van der Waals surface area contributed by atoms with Crippen molar-refractivity contribution in [2.24, 2.45) is 5.92 Å². The Morgan fingerprint density at radius 1 is 1.09 bits per heavy atom. The topological polar surface area (TPSA) is 35.6 Å². The van der Waals surface area contributed by atoms with Gasteiger partial charge in [-0.1, -0.05) is 30.3 Å². The minimum Gasteiger partial charge on any atom is -0.366 e. The predicted molar refractivity (Wildman–Crippen MR) is 118 cm³/mol. The van der Waals surface area contributed by atoms with E-state index in [2.05, 4.69) is 21.9 Å². The second-order valence-electron chi connectivity index (χ2n) is 9.58. The van der Waals surface area contributed by atoms with E-state index < -0.39 is 18.6 Å². The Labute approximate surface area is 186 Å². The first-order valence-electron chi connectivity index (χ1n) is 11.3. The molecule has 32 heavy (non-hydrogen) atoms. The number of amides is 1. The molecule has 170 valence electrons. The highest BCUT2D eigenvalue weighted by atomic mass is 19.4. The van der Waals surface area contributed by atoms with Gasteiger partial charge in [-0.05, 0) is 61.1 Å². The van der Waals surface area contributed by atoms with Gasteiger partial charge in [0.15, 0.2) is 0 Å². The van der Waals surface area contributed by atoms with Crippen LogP contribution in [0.2, 0.25) is 0 Å². The quantitative estimate of drug-likeness (QED) is 0.721. The van der Waals surface area contributed by atoms with Crippen molar-refractivity contribution in [3.8, 4) is 0 Å². The molecule has 5 rings (SSSR count). The number of likely N-dealkylation sites (tertiary alicyclic amines) is 1. The van der Waals surface area contributed by atoms with E-state index in [0.29, 0.717) is 5.56 Å². The summed E-state index contributed by atoms with van der Waals surface area (Å²) in [6.45, 7) is 3.42. The molecule has 2 aromatic rings. The van der Waals surface area contributed by atoms with Gasteiger partial charge in [0.1, 0.15) is 6.54 Å². The van der Waals surface area contributed by atoms with Gasteiger partial charge in [-0.2, -0.15) is 13.2 Å². The molecule has 1 saturated heterocycles. The first kappa shape index (κ1) is 21.3. The SMILES string of the molecule is O=C(NCC(F)(F)F)c1ccc2c(c1)C1(CCN(CC3CC3)C1)CN2Cc1ccccc1. The second-order valence-corrected chi connectivity index (χ2v) is 9.58. The van der Waals surface area contributed by atoms with E-state index in [1.54, 1.807) is 6.07 Å². The predicted octanol–water partition coefficient (Wildman–Crippen LogP) is 4.35. The number of carbonyl (C=O) groups is 1. The molecule has 7 heteroatoms. The normalized spacial score (nSPS) is 23.0. The maximum atomic E-state index is 12.6. The zero-order valence-corrected chi connectivity index (χ0v) is 18.0. The maximum absolute atomic E-state index is 12.6. The van der Waals surface area contributed by atoms with Gasteiger partial charge < -0.3 is 15.1 Å². The minimum atomic E-state index is -4.42. The van der Waals surface area contributed by atoms with Crippen molar-refractivity contribution in [1.82, 2.24) is 10.2 Å². The summed E-state index contributed by atoms with van der Waals surface area (Å²) in [6.07, 6.45) is -0.798. The molecule has 2 aliphatic heterocycles. The fraction of sp³-hybridized carbons (Fsp3) is 0.480. The molecule has 0 radical (unpaired) electrons. The number of anilines is 1. The molecule has 1 unspecified atom stereocenters. The van der Waals surface area contributed by atoms with Crippen LogP contribution < -0.4 is 10.2 Å². The lowest BCUT2D eigenvalue weighted by atomic mass is 9.81. The van der Waals surface area contributed by atoms with Crippen LogP contribution in [-0.2, 0) is 12.0 Å². The lowest BCUT2D eigenvalue weighted by molar-refractivity contribution is -0.123. The smallest absolute Gasteiger partial charge is 0.366 e. The van der Waals surface area contributed by atoms with Crippen molar-refractivity contribution >= 4 is 11.6 Å². The summed E-state index contributed by atoms with van der Waals surface area (Å²) in [5.41, 5.74) is 3.63. The van der Waals surface area contributed by atoms with E-state index in [9.17, 15) is 18.0 Å². The average molecular weight is 444 g/mol. The van der Waals surface area contributed by atoms with Gasteiger partial charge in [0.2, 0.25) is 0 Å². The molecule has 2 heterocycles. The molecule has 0 bridgehead atoms. The summed E-state index contributed by atoms with van der Waals surface area (Å²) in [5, 5.41) is 2.02. The Bertz CT molecular complexity index is 990. The third kappa shape index (κ3) is 4.49. The molecule has 0 aromatic heterocycles. The van der Waals surface area contributed by atoms with Gasteiger partial charge in [-0.25, -0.2) is 0 Å². The van der Waals surface area contributed by atoms with Crippen molar-refractivity contribution in [3.63, 3.8) is 0 Å². The highest BCUT2D eigenvalue weighted by Crippen LogP contribution is 2.48. The zero-order valence-electron chi connectivity index (χ0n) is 18.0. The number of alkyl halides is 3.